The number of hydrogen-bond donors (Lipinski definition) is 1. The molecule has 7 heteroatoms. The Balaban J connectivity index is 1.48. The van der Waals surface area contributed by atoms with Gasteiger partial charge in [0.1, 0.15) is 0 Å². The summed E-state index contributed by atoms with van der Waals surface area (Å²) in [6.45, 7) is 1.93. The highest BCUT2D eigenvalue weighted by molar-refractivity contribution is 7.13. The predicted octanol–water partition coefficient (Wildman–Crippen LogP) is 4.13. The second-order valence-electron chi connectivity index (χ2n) is 6.95. The lowest BCUT2D eigenvalue weighted by Gasteiger charge is -2.36. The summed E-state index contributed by atoms with van der Waals surface area (Å²) >= 11 is 1.56. The molecule has 1 fully saturated rings. The molecular formula is C21H17N3O3S. The van der Waals surface area contributed by atoms with Crippen LogP contribution in [0.2, 0.25) is 0 Å². The van der Waals surface area contributed by atoms with E-state index in [0.29, 0.717) is 24.8 Å². The lowest BCUT2D eigenvalue weighted by molar-refractivity contribution is -0.147. The molecule has 0 aliphatic carbocycles. The molecule has 5 rings (SSSR count). The van der Waals surface area contributed by atoms with Gasteiger partial charge >= 0.3 is 5.97 Å². The van der Waals surface area contributed by atoms with Gasteiger partial charge in [0.2, 0.25) is 5.82 Å². The topological polar surface area (TPSA) is 79.5 Å². The van der Waals surface area contributed by atoms with E-state index >= 15 is 0 Å². The standard InChI is InChI=1S/C21H17N3O3S/c25-21(26)14-11-24(12-14)10-13-7-8-17(16-5-2-1-4-15(13)16)19-22-20(27-23-19)18-6-3-9-28-18/h1-9,14H,10-12H2,(H,25,26). The summed E-state index contributed by atoms with van der Waals surface area (Å²) in [6.07, 6.45) is 0. The third-order valence-corrected chi connectivity index (χ3v) is 5.97. The zero-order valence-electron chi connectivity index (χ0n) is 14.9. The molecule has 0 spiro atoms. The van der Waals surface area contributed by atoms with Crippen molar-refractivity contribution in [3.63, 3.8) is 0 Å². The largest absolute Gasteiger partial charge is 0.481 e. The Bertz CT molecular complexity index is 1150. The lowest BCUT2D eigenvalue weighted by Crippen LogP contribution is -2.49. The van der Waals surface area contributed by atoms with E-state index in [2.05, 4.69) is 33.2 Å². The molecular weight excluding hydrogens is 374 g/mol. The van der Waals surface area contributed by atoms with Crippen LogP contribution in [-0.4, -0.2) is 39.2 Å². The third-order valence-electron chi connectivity index (χ3n) is 5.11. The van der Waals surface area contributed by atoms with Gasteiger partial charge in [0.15, 0.2) is 0 Å². The first-order valence-electron chi connectivity index (χ1n) is 9.03. The van der Waals surface area contributed by atoms with Crippen LogP contribution in [0.5, 0.6) is 0 Å². The molecule has 6 nitrogen and oxygen atoms in total. The number of benzene rings is 2. The van der Waals surface area contributed by atoms with Crippen LogP contribution in [0, 0.1) is 5.92 Å². The van der Waals surface area contributed by atoms with Crippen LogP contribution in [0.3, 0.4) is 0 Å². The van der Waals surface area contributed by atoms with Gasteiger partial charge in [-0.15, -0.1) is 11.3 Å². The summed E-state index contributed by atoms with van der Waals surface area (Å²) < 4.78 is 5.45. The van der Waals surface area contributed by atoms with Crippen molar-refractivity contribution in [2.45, 2.75) is 6.54 Å². The minimum atomic E-state index is -0.713. The molecule has 1 aliphatic heterocycles. The number of hydrogen-bond acceptors (Lipinski definition) is 6. The van der Waals surface area contributed by atoms with Crippen LogP contribution < -0.4 is 0 Å². The molecule has 0 unspecified atom stereocenters. The number of thiophene rings is 1. The Labute approximate surface area is 165 Å². The summed E-state index contributed by atoms with van der Waals surface area (Å²) in [7, 11) is 0. The highest BCUT2D eigenvalue weighted by Gasteiger charge is 2.32. The van der Waals surface area contributed by atoms with E-state index in [4.69, 9.17) is 9.63 Å². The van der Waals surface area contributed by atoms with Gasteiger partial charge in [0.25, 0.3) is 5.89 Å². The van der Waals surface area contributed by atoms with Crippen molar-refractivity contribution < 1.29 is 14.4 Å². The molecule has 2 aromatic heterocycles. The smallest absolute Gasteiger partial charge is 0.309 e. The highest BCUT2D eigenvalue weighted by atomic mass is 32.1. The molecule has 1 N–H and O–H groups in total. The number of carbonyl (C=O) groups is 1. The van der Waals surface area contributed by atoms with Crippen molar-refractivity contribution in [3.05, 3.63) is 59.5 Å². The van der Waals surface area contributed by atoms with E-state index in [1.54, 1.807) is 11.3 Å². The van der Waals surface area contributed by atoms with Gasteiger partial charge in [-0.25, -0.2) is 0 Å². The van der Waals surface area contributed by atoms with Gasteiger partial charge in [-0.2, -0.15) is 4.98 Å². The fourth-order valence-corrected chi connectivity index (χ4v) is 4.27. The number of aliphatic carboxylic acids is 1. The maximum absolute atomic E-state index is 11.0. The Kier molecular flexibility index (Phi) is 4.18. The summed E-state index contributed by atoms with van der Waals surface area (Å²) in [5.74, 6) is 0.134. The van der Waals surface area contributed by atoms with Crippen LogP contribution in [0.1, 0.15) is 5.56 Å². The summed E-state index contributed by atoms with van der Waals surface area (Å²) in [5, 5.41) is 17.4. The number of carboxylic acid groups (broad SMARTS) is 1. The molecule has 0 bridgehead atoms. The Morgan fingerprint density at radius 1 is 1.14 bits per heavy atom. The SMILES string of the molecule is O=C(O)C1CN(Cc2ccc(-c3noc(-c4cccs4)n3)c3ccccc23)C1. The number of aromatic nitrogens is 2. The fraction of sp³-hybridized carbons (Fsp3) is 0.190. The summed E-state index contributed by atoms with van der Waals surface area (Å²) in [5.41, 5.74) is 2.10. The summed E-state index contributed by atoms with van der Waals surface area (Å²) in [6, 6.07) is 16.2. The predicted molar refractivity (Wildman–Crippen MR) is 107 cm³/mol. The lowest BCUT2D eigenvalue weighted by atomic mass is 9.95. The van der Waals surface area contributed by atoms with E-state index in [1.165, 1.54) is 5.56 Å². The zero-order chi connectivity index (χ0) is 19.1. The first-order chi connectivity index (χ1) is 13.7. The maximum atomic E-state index is 11.0. The van der Waals surface area contributed by atoms with Gasteiger partial charge in [-0.3, -0.25) is 9.69 Å². The first-order valence-corrected chi connectivity index (χ1v) is 9.91. The van der Waals surface area contributed by atoms with Crippen molar-refractivity contribution in [1.82, 2.24) is 15.0 Å². The molecule has 0 radical (unpaired) electrons. The molecule has 1 aliphatic rings. The molecule has 0 amide bonds. The van der Waals surface area contributed by atoms with Gasteiger partial charge in [0, 0.05) is 25.2 Å². The molecule has 28 heavy (non-hydrogen) atoms. The van der Waals surface area contributed by atoms with Crippen LogP contribution in [0.15, 0.2) is 58.4 Å². The van der Waals surface area contributed by atoms with Gasteiger partial charge < -0.3 is 9.63 Å². The number of rotatable bonds is 5. The number of carboxylic acids is 1. The number of nitrogens with zero attached hydrogens (tertiary/aromatic N) is 3. The van der Waals surface area contributed by atoms with Crippen molar-refractivity contribution in [2.24, 2.45) is 5.92 Å². The second kappa shape index (κ2) is 6.85. The molecule has 0 saturated carbocycles. The zero-order valence-corrected chi connectivity index (χ0v) is 15.7. The molecule has 1 saturated heterocycles. The minimum absolute atomic E-state index is 0.249. The molecule has 4 aromatic rings. The molecule has 3 heterocycles. The fourth-order valence-electron chi connectivity index (χ4n) is 3.62. The maximum Gasteiger partial charge on any atom is 0.309 e. The minimum Gasteiger partial charge on any atom is -0.481 e. The van der Waals surface area contributed by atoms with Crippen molar-refractivity contribution in [3.8, 4) is 22.2 Å². The normalized spacial score (nSPS) is 15.0. The van der Waals surface area contributed by atoms with Crippen LogP contribution >= 0.6 is 11.3 Å². The molecule has 0 atom stereocenters. The van der Waals surface area contributed by atoms with Crippen LogP contribution in [0.25, 0.3) is 32.9 Å². The molecule has 140 valence electrons. The van der Waals surface area contributed by atoms with Gasteiger partial charge in [0.05, 0.1) is 10.8 Å². The Hall–Kier alpha value is -3.03. The quantitative estimate of drug-likeness (QED) is 0.551. The Morgan fingerprint density at radius 3 is 2.71 bits per heavy atom. The average molecular weight is 391 g/mol. The van der Waals surface area contributed by atoms with Crippen LogP contribution in [0.4, 0.5) is 0 Å². The number of fused-ring (bicyclic) bond motifs is 1. The van der Waals surface area contributed by atoms with Crippen molar-refractivity contribution in [1.29, 1.82) is 0 Å². The summed E-state index contributed by atoms with van der Waals surface area (Å²) in [4.78, 5) is 18.7. The van der Waals surface area contributed by atoms with Crippen molar-refractivity contribution in [2.75, 3.05) is 13.1 Å². The van der Waals surface area contributed by atoms with E-state index in [9.17, 15) is 4.79 Å². The third kappa shape index (κ3) is 2.98. The monoisotopic (exact) mass is 391 g/mol. The Morgan fingerprint density at radius 2 is 1.96 bits per heavy atom. The van der Waals surface area contributed by atoms with Crippen molar-refractivity contribution >= 4 is 28.1 Å². The van der Waals surface area contributed by atoms with E-state index < -0.39 is 5.97 Å². The highest BCUT2D eigenvalue weighted by Crippen LogP contribution is 2.32. The van der Waals surface area contributed by atoms with Gasteiger partial charge in [-0.05, 0) is 27.8 Å². The second-order valence-corrected chi connectivity index (χ2v) is 7.90. The van der Waals surface area contributed by atoms with E-state index in [1.807, 2.05) is 35.7 Å². The van der Waals surface area contributed by atoms with Gasteiger partial charge in [-0.1, -0.05) is 47.6 Å². The first kappa shape index (κ1) is 17.1. The molecule has 2 aromatic carbocycles. The van der Waals surface area contributed by atoms with E-state index in [0.717, 1.165) is 27.8 Å². The van der Waals surface area contributed by atoms with E-state index in [-0.39, 0.29) is 5.92 Å². The van der Waals surface area contributed by atoms with Crippen LogP contribution in [-0.2, 0) is 11.3 Å². The average Bonchev–Trinajstić information content (AvgIpc) is 3.35. The number of likely N-dealkylation sites (tertiary alicyclic amines) is 1.